The van der Waals surface area contributed by atoms with Gasteiger partial charge < -0.3 is 15.2 Å². The van der Waals surface area contributed by atoms with Crippen LogP contribution in [0.15, 0.2) is 18.3 Å². The van der Waals surface area contributed by atoms with Crippen LogP contribution in [0.4, 0.5) is 13.6 Å². The number of amides is 1. The third-order valence-electron chi connectivity index (χ3n) is 3.78. The lowest BCUT2D eigenvalue weighted by molar-refractivity contribution is -0.156. The molecule has 0 saturated heterocycles. The molecule has 0 spiro atoms. The van der Waals surface area contributed by atoms with Gasteiger partial charge in [-0.25, -0.2) is 4.79 Å². The van der Waals surface area contributed by atoms with E-state index in [9.17, 15) is 18.7 Å². The van der Waals surface area contributed by atoms with Crippen molar-refractivity contribution in [2.24, 2.45) is 5.92 Å². The Bertz CT molecular complexity index is 601. The Hall–Kier alpha value is -1.47. The molecule has 1 saturated carbocycles. The van der Waals surface area contributed by atoms with E-state index >= 15 is 0 Å². The number of carbonyl (C=O) groups excluding carboxylic acids is 1. The number of hydrogen-bond donors (Lipinski definition) is 2. The van der Waals surface area contributed by atoms with Crippen LogP contribution in [0.1, 0.15) is 39.3 Å². The summed E-state index contributed by atoms with van der Waals surface area (Å²) >= 11 is 5.70. The van der Waals surface area contributed by atoms with Gasteiger partial charge in [-0.2, -0.15) is 8.78 Å². The van der Waals surface area contributed by atoms with Crippen LogP contribution in [0.5, 0.6) is 0 Å². The van der Waals surface area contributed by atoms with Crippen LogP contribution in [-0.2, 0) is 10.7 Å². The van der Waals surface area contributed by atoms with Crippen molar-refractivity contribution in [1.29, 1.82) is 0 Å². The maximum Gasteiger partial charge on any atom is 0.407 e. The molecule has 1 aliphatic rings. The largest absolute Gasteiger partial charge is 0.444 e. The van der Waals surface area contributed by atoms with E-state index in [-0.39, 0.29) is 23.9 Å². The van der Waals surface area contributed by atoms with Crippen LogP contribution in [0.3, 0.4) is 0 Å². The SMILES string of the molecule is CC(C)(C)OC(=O)NC1CC([C@@H](O)C(F)(F)c2cc(Cl)ccn2)C1. The van der Waals surface area contributed by atoms with E-state index < -0.39 is 35.3 Å². The molecular weight excluding hydrogens is 342 g/mol. The summed E-state index contributed by atoms with van der Waals surface area (Å²) in [5.41, 5.74) is -1.19. The number of aliphatic hydroxyl groups excluding tert-OH is 1. The molecule has 1 atom stereocenters. The minimum atomic E-state index is -3.51. The lowest BCUT2D eigenvalue weighted by Crippen LogP contribution is -2.52. The zero-order valence-corrected chi connectivity index (χ0v) is 14.5. The molecule has 134 valence electrons. The van der Waals surface area contributed by atoms with Crippen molar-refractivity contribution in [2.45, 2.75) is 57.3 Å². The van der Waals surface area contributed by atoms with Crippen LogP contribution in [0.2, 0.25) is 5.02 Å². The van der Waals surface area contributed by atoms with Crippen LogP contribution in [0.25, 0.3) is 0 Å². The first-order chi connectivity index (χ1) is 11.0. The predicted molar refractivity (Wildman–Crippen MR) is 85.0 cm³/mol. The van der Waals surface area contributed by atoms with Crippen molar-refractivity contribution in [2.75, 3.05) is 0 Å². The highest BCUT2D eigenvalue weighted by Crippen LogP contribution is 2.42. The molecule has 5 nitrogen and oxygen atoms in total. The second-order valence-electron chi connectivity index (χ2n) is 7.00. The smallest absolute Gasteiger partial charge is 0.407 e. The first kappa shape index (κ1) is 18.9. The average Bonchev–Trinajstić information content (AvgIpc) is 2.39. The van der Waals surface area contributed by atoms with Crippen molar-refractivity contribution in [3.63, 3.8) is 0 Å². The summed E-state index contributed by atoms with van der Waals surface area (Å²) in [6.07, 6.45) is -0.817. The summed E-state index contributed by atoms with van der Waals surface area (Å²) in [4.78, 5) is 15.2. The molecule has 1 fully saturated rings. The highest BCUT2D eigenvalue weighted by molar-refractivity contribution is 6.30. The van der Waals surface area contributed by atoms with Gasteiger partial charge in [0.25, 0.3) is 0 Å². The zero-order valence-electron chi connectivity index (χ0n) is 13.7. The van der Waals surface area contributed by atoms with Gasteiger partial charge in [-0.3, -0.25) is 4.98 Å². The van der Waals surface area contributed by atoms with E-state index in [2.05, 4.69) is 10.3 Å². The number of aliphatic hydroxyl groups is 1. The number of pyridine rings is 1. The summed E-state index contributed by atoms with van der Waals surface area (Å²) < 4.78 is 33.8. The fourth-order valence-corrected chi connectivity index (χ4v) is 2.71. The van der Waals surface area contributed by atoms with Gasteiger partial charge in [-0.05, 0) is 51.7 Å². The number of rotatable bonds is 4. The van der Waals surface area contributed by atoms with Gasteiger partial charge in [-0.15, -0.1) is 0 Å². The van der Waals surface area contributed by atoms with Crippen molar-refractivity contribution < 1.29 is 23.4 Å². The van der Waals surface area contributed by atoms with Crippen LogP contribution < -0.4 is 5.32 Å². The molecule has 1 aliphatic carbocycles. The summed E-state index contributed by atoms with van der Waals surface area (Å²) in [6, 6.07) is 2.14. The number of alkyl carbamates (subject to hydrolysis) is 1. The Morgan fingerprint density at radius 1 is 1.46 bits per heavy atom. The molecule has 1 heterocycles. The molecule has 1 aromatic heterocycles. The van der Waals surface area contributed by atoms with Gasteiger partial charge in [-0.1, -0.05) is 11.6 Å². The van der Waals surface area contributed by atoms with Crippen molar-refractivity contribution in [3.8, 4) is 0 Å². The van der Waals surface area contributed by atoms with Gasteiger partial charge >= 0.3 is 12.0 Å². The predicted octanol–water partition coefficient (Wildman–Crippen LogP) is 3.49. The first-order valence-corrected chi connectivity index (χ1v) is 8.04. The maximum atomic E-state index is 14.3. The Kier molecular flexibility index (Phi) is 5.34. The summed E-state index contributed by atoms with van der Waals surface area (Å²) in [6.45, 7) is 5.20. The number of ether oxygens (including phenoxy) is 1. The topological polar surface area (TPSA) is 71.5 Å². The van der Waals surface area contributed by atoms with Gasteiger partial charge in [0.2, 0.25) is 0 Å². The molecule has 2 rings (SSSR count). The Morgan fingerprint density at radius 3 is 2.62 bits per heavy atom. The van der Waals surface area contributed by atoms with Crippen molar-refractivity contribution in [1.82, 2.24) is 10.3 Å². The fraction of sp³-hybridized carbons (Fsp3) is 0.625. The second-order valence-corrected chi connectivity index (χ2v) is 7.44. The third kappa shape index (κ3) is 4.54. The Balaban J connectivity index is 1.89. The summed E-state index contributed by atoms with van der Waals surface area (Å²) in [7, 11) is 0. The van der Waals surface area contributed by atoms with E-state index in [1.54, 1.807) is 20.8 Å². The van der Waals surface area contributed by atoms with Crippen LogP contribution in [-0.4, -0.2) is 33.9 Å². The van der Waals surface area contributed by atoms with E-state index in [1.165, 1.54) is 12.3 Å². The van der Waals surface area contributed by atoms with Gasteiger partial charge in [0.15, 0.2) is 0 Å². The van der Waals surface area contributed by atoms with Crippen molar-refractivity contribution >= 4 is 17.7 Å². The monoisotopic (exact) mass is 362 g/mol. The minimum absolute atomic E-state index is 0.130. The molecule has 1 amide bonds. The molecule has 0 unspecified atom stereocenters. The highest BCUT2D eigenvalue weighted by Gasteiger charge is 2.50. The maximum absolute atomic E-state index is 14.3. The molecular formula is C16H21ClF2N2O3. The number of nitrogens with one attached hydrogen (secondary N) is 1. The molecule has 0 bridgehead atoms. The first-order valence-electron chi connectivity index (χ1n) is 7.66. The van der Waals surface area contributed by atoms with Gasteiger partial charge in [0.1, 0.15) is 17.4 Å². The normalized spacial score (nSPS) is 22.5. The minimum Gasteiger partial charge on any atom is -0.444 e. The number of aromatic nitrogens is 1. The quantitative estimate of drug-likeness (QED) is 0.860. The second kappa shape index (κ2) is 6.80. The Morgan fingerprint density at radius 2 is 2.08 bits per heavy atom. The molecule has 0 radical (unpaired) electrons. The van der Waals surface area contributed by atoms with E-state index in [0.29, 0.717) is 0 Å². The van der Waals surface area contributed by atoms with E-state index in [4.69, 9.17) is 16.3 Å². The summed E-state index contributed by atoms with van der Waals surface area (Å²) in [5.74, 6) is -4.15. The molecule has 8 heteroatoms. The Labute approximate surface area is 144 Å². The highest BCUT2D eigenvalue weighted by atomic mass is 35.5. The number of carbonyl (C=O) groups is 1. The number of hydrogen-bond acceptors (Lipinski definition) is 4. The lowest BCUT2D eigenvalue weighted by Gasteiger charge is -2.40. The molecule has 0 aliphatic heterocycles. The van der Waals surface area contributed by atoms with Gasteiger partial charge in [0.05, 0.1) is 0 Å². The average molecular weight is 363 g/mol. The lowest BCUT2D eigenvalue weighted by atomic mass is 9.74. The van der Waals surface area contributed by atoms with Gasteiger partial charge in [0, 0.05) is 17.3 Å². The molecule has 24 heavy (non-hydrogen) atoms. The summed E-state index contributed by atoms with van der Waals surface area (Å²) in [5, 5.41) is 12.7. The number of halogens is 3. The standard InChI is InChI=1S/C16H21ClF2N2O3/c1-15(2,3)24-14(23)21-11-6-9(7-11)13(22)16(18,19)12-8-10(17)4-5-20-12/h4-5,8-9,11,13,22H,6-7H2,1-3H3,(H,21,23)/t9?,11?,13-/m1/s1. The molecule has 1 aromatic rings. The van der Waals surface area contributed by atoms with E-state index in [1.807, 2.05) is 0 Å². The molecule has 0 aromatic carbocycles. The van der Waals surface area contributed by atoms with Crippen LogP contribution >= 0.6 is 11.6 Å². The number of alkyl halides is 2. The molecule has 2 N–H and O–H groups in total. The van der Waals surface area contributed by atoms with Crippen LogP contribution in [0, 0.1) is 5.92 Å². The fourth-order valence-electron chi connectivity index (χ4n) is 2.55. The number of nitrogens with zero attached hydrogens (tertiary/aromatic N) is 1. The zero-order chi connectivity index (χ0) is 18.1. The third-order valence-corrected chi connectivity index (χ3v) is 4.01. The van der Waals surface area contributed by atoms with E-state index in [0.717, 1.165) is 6.07 Å². The van der Waals surface area contributed by atoms with Crippen molar-refractivity contribution in [3.05, 3.63) is 29.0 Å².